The van der Waals surface area contributed by atoms with Crippen molar-refractivity contribution in [1.82, 2.24) is 0 Å². The van der Waals surface area contributed by atoms with Crippen molar-refractivity contribution < 1.29 is 9.21 Å². The van der Waals surface area contributed by atoms with Crippen LogP contribution in [0, 0.1) is 0 Å². The molecule has 0 bridgehead atoms. The van der Waals surface area contributed by atoms with E-state index in [2.05, 4.69) is 0 Å². The van der Waals surface area contributed by atoms with Gasteiger partial charge in [0.05, 0.1) is 5.88 Å². The van der Waals surface area contributed by atoms with E-state index in [0.717, 1.165) is 5.69 Å². The fourth-order valence-electron chi connectivity index (χ4n) is 1.50. The number of carbonyl (C=O) groups is 1. The molecule has 0 saturated heterocycles. The molecule has 1 amide bonds. The molecule has 1 heterocycles. The standard InChI is InChI=1S/C13H12ClNO2/c1-15(10-5-3-2-4-6-10)13(16)12-8-7-11(9-14)17-12/h2-8H,9H2,1H3. The molecule has 0 N–H and O–H groups in total. The van der Waals surface area contributed by atoms with Crippen LogP contribution in [-0.2, 0) is 5.88 Å². The van der Waals surface area contributed by atoms with Gasteiger partial charge in [0.1, 0.15) is 5.76 Å². The summed E-state index contributed by atoms with van der Waals surface area (Å²) in [6, 6.07) is 12.7. The summed E-state index contributed by atoms with van der Waals surface area (Å²) in [4.78, 5) is 13.6. The fraction of sp³-hybridized carbons (Fsp3) is 0.154. The second kappa shape index (κ2) is 5.06. The maximum absolute atomic E-state index is 12.1. The maximum Gasteiger partial charge on any atom is 0.293 e. The van der Waals surface area contributed by atoms with Gasteiger partial charge in [0.25, 0.3) is 5.91 Å². The van der Waals surface area contributed by atoms with Crippen LogP contribution in [0.1, 0.15) is 16.3 Å². The topological polar surface area (TPSA) is 33.5 Å². The molecule has 3 nitrogen and oxygen atoms in total. The molecule has 1 aromatic heterocycles. The minimum absolute atomic E-state index is 0.187. The Kier molecular flexibility index (Phi) is 3.49. The molecule has 0 aliphatic carbocycles. The van der Waals surface area contributed by atoms with Gasteiger partial charge in [0.2, 0.25) is 0 Å². The fourth-order valence-corrected chi connectivity index (χ4v) is 1.64. The molecular weight excluding hydrogens is 238 g/mol. The molecule has 17 heavy (non-hydrogen) atoms. The largest absolute Gasteiger partial charge is 0.455 e. The summed E-state index contributed by atoms with van der Waals surface area (Å²) in [7, 11) is 1.71. The number of halogens is 1. The zero-order valence-electron chi connectivity index (χ0n) is 9.39. The molecule has 0 unspecified atom stereocenters. The lowest BCUT2D eigenvalue weighted by Gasteiger charge is -2.15. The molecule has 1 aromatic carbocycles. The van der Waals surface area contributed by atoms with E-state index in [1.165, 1.54) is 4.90 Å². The third-order valence-corrected chi connectivity index (χ3v) is 2.72. The highest BCUT2D eigenvalue weighted by atomic mass is 35.5. The Hall–Kier alpha value is -1.74. The zero-order chi connectivity index (χ0) is 12.3. The van der Waals surface area contributed by atoms with Crippen LogP contribution in [-0.4, -0.2) is 13.0 Å². The van der Waals surface area contributed by atoms with Gasteiger partial charge in [-0.25, -0.2) is 0 Å². The summed E-state index contributed by atoms with van der Waals surface area (Å²) >= 11 is 5.62. The van der Waals surface area contributed by atoms with Crippen LogP contribution in [0.4, 0.5) is 5.69 Å². The number of hydrogen-bond donors (Lipinski definition) is 0. The van der Waals surface area contributed by atoms with Crippen molar-refractivity contribution in [3.05, 3.63) is 54.0 Å². The third-order valence-electron chi connectivity index (χ3n) is 2.45. The highest BCUT2D eigenvalue weighted by Crippen LogP contribution is 2.17. The van der Waals surface area contributed by atoms with Crippen molar-refractivity contribution in [2.75, 3.05) is 11.9 Å². The Morgan fingerprint density at radius 2 is 1.94 bits per heavy atom. The monoisotopic (exact) mass is 249 g/mol. The van der Waals surface area contributed by atoms with Crippen molar-refractivity contribution in [2.24, 2.45) is 0 Å². The summed E-state index contributed by atoms with van der Waals surface area (Å²) in [6.45, 7) is 0. The quantitative estimate of drug-likeness (QED) is 0.782. The van der Waals surface area contributed by atoms with Gasteiger partial charge < -0.3 is 9.32 Å². The van der Waals surface area contributed by atoms with E-state index in [1.807, 2.05) is 30.3 Å². The second-order valence-electron chi connectivity index (χ2n) is 3.60. The lowest BCUT2D eigenvalue weighted by atomic mass is 10.3. The molecule has 2 rings (SSSR count). The van der Waals surface area contributed by atoms with Crippen molar-refractivity contribution in [3.8, 4) is 0 Å². The van der Waals surface area contributed by atoms with Gasteiger partial charge in [0, 0.05) is 12.7 Å². The van der Waals surface area contributed by atoms with Crippen molar-refractivity contribution in [2.45, 2.75) is 5.88 Å². The number of hydrogen-bond acceptors (Lipinski definition) is 2. The van der Waals surface area contributed by atoms with Crippen LogP contribution in [0.5, 0.6) is 0 Å². The van der Waals surface area contributed by atoms with Crippen LogP contribution in [0.25, 0.3) is 0 Å². The van der Waals surface area contributed by atoms with E-state index in [9.17, 15) is 4.79 Å². The summed E-state index contributed by atoms with van der Waals surface area (Å²) in [6.07, 6.45) is 0. The Balaban J connectivity index is 2.20. The summed E-state index contributed by atoms with van der Waals surface area (Å²) < 4.78 is 5.31. The zero-order valence-corrected chi connectivity index (χ0v) is 10.1. The highest BCUT2D eigenvalue weighted by Gasteiger charge is 2.16. The van der Waals surface area contributed by atoms with Crippen LogP contribution in [0.2, 0.25) is 0 Å². The predicted octanol–water partition coefficient (Wildman–Crippen LogP) is 3.30. The van der Waals surface area contributed by atoms with Crippen LogP contribution < -0.4 is 4.90 Å². The van der Waals surface area contributed by atoms with E-state index < -0.39 is 0 Å². The number of rotatable bonds is 3. The van der Waals surface area contributed by atoms with Gasteiger partial charge in [0.15, 0.2) is 5.76 Å². The van der Waals surface area contributed by atoms with Crippen LogP contribution in [0.3, 0.4) is 0 Å². The molecule has 0 aliphatic rings. The first-order valence-electron chi connectivity index (χ1n) is 5.20. The molecule has 0 atom stereocenters. The van der Waals surface area contributed by atoms with Gasteiger partial charge >= 0.3 is 0 Å². The molecule has 0 radical (unpaired) electrons. The average molecular weight is 250 g/mol. The van der Waals surface area contributed by atoms with Crippen molar-refractivity contribution in [1.29, 1.82) is 0 Å². The number of anilines is 1. The Labute approximate surface area is 105 Å². The normalized spacial score (nSPS) is 10.2. The SMILES string of the molecule is CN(C(=O)c1ccc(CCl)o1)c1ccccc1. The van der Waals surface area contributed by atoms with Crippen LogP contribution >= 0.6 is 11.6 Å². The molecule has 0 aliphatic heterocycles. The number of carbonyl (C=O) groups excluding carboxylic acids is 1. The van der Waals surface area contributed by atoms with E-state index in [-0.39, 0.29) is 11.8 Å². The minimum Gasteiger partial charge on any atom is -0.455 e. The number of alkyl halides is 1. The first kappa shape index (κ1) is 11.7. The second-order valence-corrected chi connectivity index (χ2v) is 3.87. The van der Waals surface area contributed by atoms with Gasteiger partial charge in [-0.2, -0.15) is 0 Å². The average Bonchev–Trinajstić information content (AvgIpc) is 2.87. The first-order chi connectivity index (χ1) is 8.22. The molecule has 0 spiro atoms. The van der Waals surface area contributed by atoms with Crippen molar-refractivity contribution in [3.63, 3.8) is 0 Å². The lowest BCUT2D eigenvalue weighted by molar-refractivity contribution is 0.0965. The predicted molar refractivity (Wildman–Crippen MR) is 67.4 cm³/mol. The Morgan fingerprint density at radius 1 is 1.24 bits per heavy atom. The number of furan rings is 1. The lowest BCUT2D eigenvalue weighted by Crippen LogP contribution is -2.25. The first-order valence-corrected chi connectivity index (χ1v) is 5.73. The van der Waals surface area contributed by atoms with E-state index in [4.69, 9.17) is 16.0 Å². The molecule has 2 aromatic rings. The molecule has 4 heteroatoms. The number of para-hydroxylation sites is 1. The molecular formula is C13H12ClNO2. The van der Waals surface area contributed by atoms with Crippen LogP contribution in [0.15, 0.2) is 46.9 Å². The van der Waals surface area contributed by atoms with Gasteiger partial charge in [-0.1, -0.05) is 18.2 Å². The molecule has 88 valence electrons. The Bertz CT molecular complexity index is 507. The summed E-state index contributed by atoms with van der Waals surface area (Å²) in [5, 5.41) is 0. The number of nitrogens with zero attached hydrogens (tertiary/aromatic N) is 1. The van der Waals surface area contributed by atoms with Crippen molar-refractivity contribution >= 4 is 23.2 Å². The van der Waals surface area contributed by atoms with Gasteiger partial charge in [-0.15, -0.1) is 11.6 Å². The maximum atomic E-state index is 12.1. The number of amides is 1. The summed E-state index contributed by atoms with van der Waals surface area (Å²) in [5.41, 5.74) is 0.821. The van der Waals surface area contributed by atoms with E-state index in [1.54, 1.807) is 19.2 Å². The van der Waals surface area contributed by atoms with Gasteiger partial charge in [-0.05, 0) is 24.3 Å². The highest BCUT2D eigenvalue weighted by molar-refractivity contribution is 6.16. The van der Waals surface area contributed by atoms with Gasteiger partial charge in [-0.3, -0.25) is 4.79 Å². The van der Waals surface area contributed by atoms with E-state index >= 15 is 0 Å². The summed E-state index contributed by atoms with van der Waals surface area (Å²) in [5.74, 6) is 0.971. The van der Waals surface area contributed by atoms with E-state index in [0.29, 0.717) is 11.5 Å². The molecule has 0 saturated carbocycles. The Morgan fingerprint density at radius 3 is 2.53 bits per heavy atom. The minimum atomic E-state index is -0.187. The third kappa shape index (κ3) is 2.50. The smallest absolute Gasteiger partial charge is 0.293 e. The molecule has 0 fully saturated rings. The number of benzene rings is 1.